The molecular formula is C14H18N4O2S. The van der Waals surface area contributed by atoms with Gasteiger partial charge in [0.1, 0.15) is 0 Å². The number of aromatic nitrogens is 2. The average molecular weight is 306 g/mol. The number of rotatable bonds is 6. The molecule has 0 radical (unpaired) electrons. The van der Waals surface area contributed by atoms with Gasteiger partial charge in [-0.25, -0.2) is 13.1 Å². The van der Waals surface area contributed by atoms with Crippen molar-refractivity contribution in [2.24, 2.45) is 0 Å². The van der Waals surface area contributed by atoms with Gasteiger partial charge >= 0.3 is 0 Å². The maximum absolute atomic E-state index is 12.4. The molecule has 21 heavy (non-hydrogen) atoms. The predicted molar refractivity (Wildman–Crippen MR) is 79.3 cm³/mol. The Balaban J connectivity index is 1.72. The lowest BCUT2D eigenvalue weighted by Crippen LogP contribution is -2.28. The first-order chi connectivity index (χ1) is 10.1. The molecule has 3 rings (SSSR count). The number of H-pyrrole nitrogens is 1. The fraction of sp³-hybridized carbons (Fsp3) is 0.357. The van der Waals surface area contributed by atoms with Gasteiger partial charge in [0, 0.05) is 24.1 Å². The Morgan fingerprint density at radius 2 is 2.10 bits per heavy atom. The van der Waals surface area contributed by atoms with Crippen molar-refractivity contribution in [3.8, 4) is 0 Å². The lowest BCUT2D eigenvalue weighted by atomic mass is 10.1. The average Bonchev–Trinajstić information content (AvgIpc) is 3.05. The first-order valence-electron chi connectivity index (χ1n) is 6.86. The summed E-state index contributed by atoms with van der Waals surface area (Å²) in [6.45, 7) is 0.458. The van der Waals surface area contributed by atoms with E-state index < -0.39 is 10.0 Å². The van der Waals surface area contributed by atoms with Crippen LogP contribution in [0.5, 0.6) is 0 Å². The molecule has 0 amide bonds. The Morgan fingerprint density at radius 3 is 2.81 bits per heavy atom. The predicted octanol–water partition coefficient (Wildman–Crippen LogP) is 0.964. The smallest absolute Gasteiger partial charge is 0.258 e. The summed E-state index contributed by atoms with van der Waals surface area (Å²) >= 11 is 0. The second-order valence-electron chi connectivity index (χ2n) is 5.24. The van der Waals surface area contributed by atoms with E-state index in [1.54, 1.807) is 7.05 Å². The molecule has 6 nitrogen and oxygen atoms in total. The highest BCUT2D eigenvalue weighted by Gasteiger charge is 2.41. The second-order valence-corrected chi connectivity index (χ2v) is 6.89. The molecule has 1 fully saturated rings. The van der Waals surface area contributed by atoms with Crippen LogP contribution in [0.15, 0.2) is 41.6 Å². The third-order valence-electron chi connectivity index (χ3n) is 3.64. The zero-order valence-electron chi connectivity index (χ0n) is 11.7. The molecule has 0 bridgehead atoms. The van der Waals surface area contributed by atoms with E-state index in [-0.39, 0.29) is 17.0 Å². The minimum absolute atomic E-state index is 0.0388. The minimum Gasteiger partial charge on any atom is -0.316 e. The number of benzene rings is 1. The fourth-order valence-electron chi connectivity index (χ4n) is 2.50. The molecule has 1 aliphatic carbocycles. The van der Waals surface area contributed by atoms with Gasteiger partial charge in [-0.05, 0) is 19.0 Å². The lowest BCUT2D eigenvalue weighted by Gasteiger charge is -2.07. The lowest BCUT2D eigenvalue weighted by molar-refractivity contribution is 0.573. The number of sulfonamides is 1. The molecule has 1 heterocycles. The van der Waals surface area contributed by atoms with Gasteiger partial charge in [-0.3, -0.25) is 5.10 Å². The Kier molecular flexibility index (Phi) is 3.79. The minimum atomic E-state index is -3.56. The molecule has 1 aromatic carbocycles. The molecular weight excluding hydrogens is 288 g/mol. The van der Waals surface area contributed by atoms with Gasteiger partial charge in [0.25, 0.3) is 10.0 Å². The largest absolute Gasteiger partial charge is 0.316 e. The quantitative estimate of drug-likeness (QED) is 0.742. The highest BCUT2D eigenvalue weighted by atomic mass is 32.2. The summed E-state index contributed by atoms with van der Waals surface area (Å²) in [6, 6.07) is 9.92. The molecule has 2 unspecified atom stereocenters. The van der Waals surface area contributed by atoms with Crippen LogP contribution < -0.4 is 10.0 Å². The Morgan fingerprint density at radius 1 is 1.33 bits per heavy atom. The summed E-state index contributed by atoms with van der Waals surface area (Å²) in [5.41, 5.74) is 1.81. The first kappa shape index (κ1) is 14.2. The van der Waals surface area contributed by atoms with Crippen molar-refractivity contribution in [3.63, 3.8) is 0 Å². The van der Waals surface area contributed by atoms with Crippen molar-refractivity contribution in [2.45, 2.75) is 30.0 Å². The van der Waals surface area contributed by atoms with Crippen molar-refractivity contribution in [1.82, 2.24) is 20.2 Å². The second kappa shape index (κ2) is 5.59. The van der Waals surface area contributed by atoms with E-state index in [1.807, 2.05) is 30.3 Å². The van der Waals surface area contributed by atoms with E-state index in [0.29, 0.717) is 12.1 Å². The van der Waals surface area contributed by atoms with Crippen molar-refractivity contribution < 1.29 is 8.42 Å². The van der Waals surface area contributed by atoms with Gasteiger partial charge in [-0.2, -0.15) is 5.10 Å². The van der Waals surface area contributed by atoms with Crippen LogP contribution >= 0.6 is 0 Å². The number of hydrogen-bond acceptors (Lipinski definition) is 4. The number of hydrogen-bond donors (Lipinski definition) is 3. The van der Waals surface area contributed by atoms with Gasteiger partial charge in [0.05, 0.1) is 6.20 Å². The SMILES string of the molecule is CNCc1cn[nH]c1S(=O)(=O)NC1CC1c1ccccc1. The van der Waals surface area contributed by atoms with Crippen LogP contribution in [0.2, 0.25) is 0 Å². The van der Waals surface area contributed by atoms with Crippen LogP contribution in [0.3, 0.4) is 0 Å². The first-order valence-corrected chi connectivity index (χ1v) is 8.34. The molecule has 0 spiro atoms. The molecule has 3 N–H and O–H groups in total. The molecule has 2 aromatic rings. The van der Waals surface area contributed by atoms with E-state index >= 15 is 0 Å². The van der Waals surface area contributed by atoms with Gasteiger partial charge in [-0.1, -0.05) is 30.3 Å². The van der Waals surface area contributed by atoms with E-state index in [0.717, 1.165) is 6.42 Å². The summed E-state index contributed by atoms with van der Waals surface area (Å²) in [5, 5.41) is 9.49. The van der Waals surface area contributed by atoms with Crippen LogP contribution in [0.25, 0.3) is 0 Å². The van der Waals surface area contributed by atoms with Crippen LogP contribution in [0.4, 0.5) is 0 Å². The normalized spacial score (nSPS) is 21.4. The maximum atomic E-state index is 12.4. The van der Waals surface area contributed by atoms with Gasteiger partial charge in [-0.15, -0.1) is 0 Å². The van der Waals surface area contributed by atoms with Crippen molar-refractivity contribution in [3.05, 3.63) is 47.7 Å². The summed E-state index contributed by atoms with van der Waals surface area (Å²) < 4.78 is 27.6. The Bertz CT molecular complexity index is 712. The number of nitrogens with zero attached hydrogens (tertiary/aromatic N) is 1. The third kappa shape index (κ3) is 2.99. The molecule has 112 valence electrons. The molecule has 7 heteroatoms. The molecule has 1 aliphatic rings. The number of nitrogens with one attached hydrogen (secondary N) is 3. The molecule has 1 saturated carbocycles. The monoisotopic (exact) mass is 306 g/mol. The third-order valence-corrected chi connectivity index (χ3v) is 5.14. The Hall–Kier alpha value is -1.70. The van der Waals surface area contributed by atoms with Crippen LogP contribution in [0, 0.1) is 0 Å². The summed E-state index contributed by atoms with van der Waals surface area (Å²) in [5.74, 6) is 0.261. The van der Waals surface area contributed by atoms with Gasteiger partial charge in [0.15, 0.2) is 5.03 Å². The van der Waals surface area contributed by atoms with Crippen LogP contribution in [0.1, 0.15) is 23.5 Å². The van der Waals surface area contributed by atoms with Gasteiger partial charge in [0.2, 0.25) is 0 Å². The van der Waals surface area contributed by atoms with Crippen molar-refractivity contribution in [1.29, 1.82) is 0 Å². The Labute approximate surface area is 124 Å². The highest BCUT2D eigenvalue weighted by Crippen LogP contribution is 2.41. The fourth-order valence-corrected chi connectivity index (χ4v) is 3.92. The topological polar surface area (TPSA) is 86.9 Å². The maximum Gasteiger partial charge on any atom is 0.258 e. The van der Waals surface area contributed by atoms with Gasteiger partial charge < -0.3 is 5.32 Å². The zero-order chi connectivity index (χ0) is 14.9. The molecule has 0 aliphatic heterocycles. The standard InChI is InChI=1S/C14H18N4O2S/c1-15-8-11-9-16-17-14(11)21(19,20)18-13-7-12(13)10-5-3-2-4-6-10/h2-6,9,12-13,15,18H,7-8H2,1H3,(H,16,17). The summed E-state index contributed by atoms with van der Waals surface area (Å²) in [7, 11) is -1.79. The van der Waals surface area contributed by atoms with Crippen LogP contribution in [-0.4, -0.2) is 31.7 Å². The summed E-state index contributed by atoms with van der Waals surface area (Å²) in [4.78, 5) is 0. The van der Waals surface area contributed by atoms with Crippen molar-refractivity contribution in [2.75, 3.05) is 7.05 Å². The zero-order valence-corrected chi connectivity index (χ0v) is 12.5. The van der Waals surface area contributed by atoms with Crippen molar-refractivity contribution >= 4 is 10.0 Å². The number of aromatic amines is 1. The molecule has 1 aromatic heterocycles. The van der Waals surface area contributed by atoms with Crippen LogP contribution in [-0.2, 0) is 16.6 Å². The molecule has 2 atom stereocenters. The van der Waals surface area contributed by atoms with E-state index in [4.69, 9.17) is 0 Å². The van der Waals surface area contributed by atoms with E-state index in [9.17, 15) is 8.42 Å². The highest BCUT2D eigenvalue weighted by molar-refractivity contribution is 7.89. The van der Waals surface area contributed by atoms with E-state index in [2.05, 4.69) is 20.2 Å². The molecule has 0 saturated heterocycles. The van der Waals surface area contributed by atoms with E-state index in [1.165, 1.54) is 11.8 Å². The summed E-state index contributed by atoms with van der Waals surface area (Å²) in [6.07, 6.45) is 2.37.